The molecule has 2 aliphatic rings. The van der Waals surface area contributed by atoms with Crippen LogP contribution in [0.25, 0.3) is 0 Å². The molecular weight excluding hydrogens is 446 g/mol. The summed E-state index contributed by atoms with van der Waals surface area (Å²) in [7, 11) is 0. The Morgan fingerprint density at radius 2 is 2.03 bits per heavy atom. The van der Waals surface area contributed by atoms with Crippen LogP contribution >= 0.6 is 23.5 Å². The first-order valence-electron chi connectivity index (χ1n) is 10.2. The number of anilines is 1. The van der Waals surface area contributed by atoms with Gasteiger partial charge in [-0.15, -0.1) is 11.8 Å². The van der Waals surface area contributed by atoms with Crippen LogP contribution in [0.3, 0.4) is 0 Å². The van der Waals surface area contributed by atoms with Crippen molar-refractivity contribution in [3.8, 4) is 11.5 Å². The molecular formula is C23H21N3O4S2. The van der Waals surface area contributed by atoms with Gasteiger partial charge < -0.3 is 14.8 Å². The van der Waals surface area contributed by atoms with Crippen molar-refractivity contribution < 1.29 is 14.3 Å². The van der Waals surface area contributed by atoms with E-state index in [1.54, 1.807) is 34.5 Å². The Morgan fingerprint density at radius 1 is 1.22 bits per heavy atom. The molecule has 0 aliphatic carbocycles. The Morgan fingerprint density at radius 3 is 2.88 bits per heavy atom. The van der Waals surface area contributed by atoms with Crippen LogP contribution in [0.4, 0.5) is 5.69 Å². The first-order valence-corrected chi connectivity index (χ1v) is 12.1. The molecule has 1 N–H and O–H groups in total. The lowest BCUT2D eigenvalue weighted by molar-refractivity contribution is -0.113. The molecule has 1 aromatic heterocycles. The Balaban J connectivity index is 1.35. The Bertz CT molecular complexity index is 1230. The van der Waals surface area contributed by atoms with E-state index in [4.69, 9.17) is 14.5 Å². The number of carbonyl (C=O) groups excluding carboxylic acids is 1. The van der Waals surface area contributed by atoms with Gasteiger partial charge >= 0.3 is 0 Å². The van der Waals surface area contributed by atoms with Crippen LogP contribution in [-0.2, 0) is 17.8 Å². The fourth-order valence-corrected chi connectivity index (χ4v) is 5.58. The summed E-state index contributed by atoms with van der Waals surface area (Å²) in [6, 6.07) is 15.1. The van der Waals surface area contributed by atoms with Gasteiger partial charge in [0.2, 0.25) is 12.7 Å². The van der Waals surface area contributed by atoms with E-state index in [1.807, 2.05) is 30.3 Å². The second-order valence-corrected chi connectivity index (χ2v) is 9.98. The van der Waals surface area contributed by atoms with Gasteiger partial charge in [-0.05, 0) is 17.7 Å². The molecule has 32 heavy (non-hydrogen) atoms. The molecule has 7 nitrogen and oxygen atoms in total. The lowest BCUT2D eigenvalue weighted by Crippen LogP contribution is -2.26. The Labute approximate surface area is 193 Å². The third-order valence-electron chi connectivity index (χ3n) is 5.14. The van der Waals surface area contributed by atoms with Gasteiger partial charge in [0.25, 0.3) is 5.56 Å². The van der Waals surface area contributed by atoms with Crippen LogP contribution in [0, 0.1) is 0 Å². The monoisotopic (exact) mass is 467 g/mol. The average Bonchev–Trinajstić information content (AvgIpc) is 3.41. The summed E-state index contributed by atoms with van der Waals surface area (Å²) in [5.74, 6) is 1.23. The highest BCUT2D eigenvalue weighted by atomic mass is 32.2. The number of nitrogens with one attached hydrogen (secondary N) is 1. The van der Waals surface area contributed by atoms with Gasteiger partial charge in [-0.1, -0.05) is 49.0 Å². The number of thioether (sulfide) groups is 2. The maximum absolute atomic E-state index is 13.2. The van der Waals surface area contributed by atoms with Gasteiger partial charge in [0, 0.05) is 23.4 Å². The van der Waals surface area contributed by atoms with Crippen molar-refractivity contribution in [2.75, 3.05) is 17.9 Å². The van der Waals surface area contributed by atoms with E-state index in [1.165, 1.54) is 11.8 Å². The molecule has 5 rings (SSSR count). The van der Waals surface area contributed by atoms with E-state index in [-0.39, 0.29) is 24.0 Å². The highest BCUT2D eigenvalue weighted by molar-refractivity contribution is 8.00. The number of hydrogen-bond donors (Lipinski definition) is 1. The standard InChI is InChI=1S/C23H21N3O4S2/c1-14-9-17-21(32-14)22(28)26(11-15-5-3-2-4-6-15)23(25-17)31-12-20(27)24-16-7-8-18-19(10-16)30-13-29-18/h2-8,10,14H,9,11-13H2,1H3,(H,24,27)/t14-/m0/s1. The summed E-state index contributed by atoms with van der Waals surface area (Å²) < 4.78 is 12.3. The molecule has 0 fully saturated rings. The van der Waals surface area contributed by atoms with Gasteiger partial charge in [0.05, 0.1) is 22.9 Å². The molecule has 3 heterocycles. The molecule has 0 unspecified atom stereocenters. The van der Waals surface area contributed by atoms with Crippen LogP contribution in [0.15, 0.2) is 63.4 Å². The lowest BCUT2D eigenvalue weighted by Gasteiger charge is -2.14. The molecule has 9 heteroatoms. The predicted molar refractivity (Wildman–Crippen MR) is 125 cm³/mol. The van der Waals surface area contributed by atoms with Gasteiger partial charge in [0.15, 0.2) is 16.7 Å². The molecule has 2 aromatic carbocycles. The zero-order valence-electron chi connectivity index (χ0n) is 17.4. The second kappa shape index (κ2) is 8.91. The van der Waals surface area contributed by atoms with Crippen molar-refractivity contribution in [3.05, 3.63) is 70.1 Å². The minimum atomic E-state index is -0.183. The number of aromatic nitrogens is 2. The smallest absolute Gasteiger partial charge is 0.268 e. The largest absolute Gasteiger partial charge is 0.454 e. The summed E-state index contributed by atoms with van der Waals surface area (Å²) in [4.78, 5) is 31.3. The molecule has 0 bridgehead atoms. The lowest BCUT2D eigenvalue weighted by atomic mass is 10.2. The van der Waals surface area contributed by atoms with Crippen molar-refractivity contribution >= 4 is 35.1 Å². The molecule has 3 aromatic rings. The van der Waals surface area contributed by atoms with Crippen molar-refractivity contribution in [3.63, 3.8) is 0 Å². The third kappa shape index (κ3) is 4.35. The van der Waals surface area contributed by atoms with E-state index in [0.29, 0.717) is 34.1 Å². The van der Waals surface area contributed by atoms with Gasteiger partial charge in [-0.2, -0.15) is 0 Å². The van der Waals surface area contributed by atoms with Crippen LogP contribution in [-0.4, -0.2) is 33.3 Å². The maximum atomic E-state index is 13.2. The minimum absolute atomic E-state index is 0.0353. The van der Waals surface area contributed by atoms with Crippen molar-refractivity contribution in [2.45, 2.75) is 35.2 Å². The number of amides is 1. The van der Waals surface area contributed by atoms with Gasteiger partial charge in [-0.3, -0.25) is 14.2 Å². The van der Waals surface area contributed by atoms with E-state index in [0.717, 1.165) is 22.6 Å². The van der Waals surface area contributed by atoms with E-state index < -0.39 is 0 Å². The average molecular weight is 468 g/mol. The first-order chi connectivity index (χ1) is 15.6. The highest BCUT2D eigenvalue weighted by Gasteiger charge is 2.26. The molecule has 1 amide bonds. The van der Waals surface area contributed by atoms with Crippen LogP contribution in [0.1, 0.15) is 18.2 Å². The molecule has 0 spiro atoms. The van der Waals surface area contributed by atoms with E-state index in [9.17, 15) is 9.59 Å². The fourth-order valence-electron chi connectivity index (χ4n) is 3.65. The normalized spacial score (nSPS) is 16.1. The van der Waals surface area contributed by atoms with Crippen molar-refractivity contribution in [2.24, 2.45) is 0 Å². The van der Waals surface area contributed by atoms with Crippen LogP contribution < -0.4 is 20.3 Å². The number of benzene rings is 2. The molecule has 0 radical (unpaired) electrons. The predicted octanol–water partition coefficient (Wildman–Crippen LogP) is 3.79. The minimum Gasteiger partial charge on any atom is -0.454 e. The van der Waals surface area contributed by atoms with Crippen LogP contribution in [0.5, 0.6) is 11.5 Å². The molecule has 2 aliphatic heterocycles. The Kier molecular flexibility index (Phi) is 5.84. The number of carbonyl (C=O) groups is 1. The third-order valence-corrected chi connectivity index (χ3v) is 7.33. The molecule has 0 saturated carbocycles. The summed E-state index contributed by atoms with van der Waals surface area (Å²) in [6.07, 6.45) is 0.762. The van der Waals surface area contributed by atoms with E-state index in [2.05, 4.69) is 12.2 Å². The summed E-state index contributed by atoms with van der Waals surface area (Å²) in [5, 5.41) is 3.76. The van der Waals surface area contributed by atoms with E-state index >= 15 is 0 Å². The quantitative estimate of drug-likeness (QED) is 0.436. The number of rotatable bonds is 6. The van der Waals surface area contributed by atoms with Gasteiger partial charge in [0.1, 0.15) is 0 Å². The zero-order chi connectivity index (χ0) is 22.1. The SMILES string of the molecule is C[C@H]1Cc2nc(SCC(=O)Nc3ccc4c(c3)OCO4)n(Cc3ccccc3)c(=O)c2S1. The number of fused-ring (bicyclic) bond motifs is 2. The maximum Gasteiger partial charge on any atom is 0.268 e. The number of ether oxygens (including phenoxy) is 2. The summed E-state index contributed by atoms with van der Waals surface area (Å²) >= 11 is 2.86. The zero-order valence-corrected chi connectivity index (χ0v) is 19.0. The molecule has 0 saturated heterocycles. The fraction of sp³-hybridized carbons (Fsp3) is 0.261. The summed E-state index contributed by atoms with van der Waals surface area (Å²) in [6.45, 7) is 2.70. The Hall–Kier alpha value is -2.91. The summed E-state index contributed by atoms with van der Waals surface area (Å²) in [5.41, 5.74) is 2.44. The molecule has 1 atom stereocenters. The van der Waals surface area contributed by atoms with Crippen LogP contribution in [0.2, 0.25) is 0 Å². The first kappa shape index (κ1) is 21.0. The topological polar surface area (TPSA) is 82.4 Å². The van der Waals surface area contributed by atoms with Crippen molar-refractivity contribution in [1.82, 2.24) is 9.55 Å². The number of nitrogens with zero attached hydrogens (tertiary/aromatic N) is 2. The second-order valence-electron chi connectivity index (χ2n) is 7.58. The number of hydrogen-bond acceptors (Lipinski definition) is 7. The molecule has 164 valence electrons. The van der Waals surface area contributed by atoms with Gasteiger partial charge in [-0.25, -0.2) is 4.98 Å². The van der Waals surface area contributed by atoms with Crippen molar-refractivity contribution in [1.29, 1.82) is 0 Å². The highest BCUT2D eigenvalue weighted by Crippen LogP contribution is 2.35.